The molecule has 0 aliphatic heterocycles. The van der Waals surface area contributed by atoms with Crippen molar-refractivity contribution in [3.05, 3.63) is 146 Å². The SMILES string of the molecule is CCC1=Cc2c(ccc(C)c2-c2cc(C)cc(C)c2)[CH]1[Zr]([Cl])([Cl])([CH]1C(c2ccc(C)o2)=Cc2c1ccc(C)c2-c1ccc(C(C)(C)C)cc1)=[Si](C)C. The molecule has 1 aromatic heterocycles. The summed E-state index contributed by atoms with van der Waals surface area (Å²) in [6.45, 7) is 24.8. The van der Waals surface area contributed by atoms with Crippen LogP contribution in [0.2, 0.25) is 13.1 Å². The van der Waals surface area contributed by atoms with Gasteiger partial charge in [0.25, 0.3) is 0 Å². The standard InChI is InChI=1S/C25H25O.C20H21.C2H6Si.2ClH.Zr/c1-16-6-8-19-14-20(23-13-7-17(2)26-23)15-22(19)24(16)18-9-11-21(12-10-18)25(3,4)5;1-5-16-11-17-7-6-15(4)20(19(17)12-16)18-9-13(2)8-14(3)10-18;1-3-2;;;/h6-15H,1-5H3;6-12H,5H2,1-4H3;1-2H3;2*1H;/q;;;;;+2/p-2. The van der Waals surface area contributed by atoms with Gasteiger partial charge in [-0.05, 0) is 0 Å². The van der Waals surface area contributed by atoms with Crippen LogP contribution in [0.15, 0.2) is 88.9 Å². The monoisotopic (exact) mass is 820 g/mol. The summed E-state index contributed by atoms with van der Waals surface area (Å²) >= 11 is -5.12. The van der Waals surface area contributed by atoms with Crippen molar-refractivity contribution in [3.63, 3.8) is 0 Å². The predicted octanol–water partition coefficient (Wildman–Crippen LogP) is 14.8. The van der Waals surface area contributed by atoms with E-state index in [1.165, 1.54) is 77.9 Å². The Bertz CT molecular complexity index is 2380. The Morgan fingerprint density at radius 2 is 1.23 bits per heavy atom. The third kappa shape index (κ3) is 5.98. The second-order valence-corrected chi connectivity index (χ2v) is 55.6. The number of furan rings is 1. The van der Waals surface area contributed by atoms with Gasteiger partial charge in [0.05, 0.1) is 0 Å². The first-order chi connectivity index (χ1) is 24.4. The number of aryl methyl sites for hydroxylation is 5. The van der Waals surface area contributed by atoms with Crippen LogP contribution < -0.4 is 0 Å². The van der Waals surface area contributed by atoms with E-state index < -0.39 is 20.4 Å². The van der Waals surface area contributed by atoms with E-state index in [1.807, 2.05) is 6.92 Å². The average molecular weight is 823 g/mol. The summed E-state index contributed by atoms with van der Waals surface area (Å²) in [4.78, 5) is 0. The molecule has 4 aromatic carbocycles. The van der Waals surface area contributed by atoms with Gasteiger partial charge in [-0.1, -0.05) is 0 Å². The molecule has 1 nitrogen and oxygen atoms in total. The molecule has 1 heterocycles. The molecule has 268 valence electrons. The molecule has 0 radical (unpaired) electrons. The van der Waals surface area contributed by atoms with E-state index in [1.54, 1.807) is 0 Å². The zero-order chi connectivity index (χ0) is 37.5. The van der Waals surface area contributed by atoms with E-state index in [0.717, 1.165) is 23.5 Å². The summed E-state index contributed by atoms with van der Waals surface area (Å²) in [6, 6.07) is 29.6. The minimum absolute atomic E-state index is 0.00912. The fourth-order valence-corrected chi connectivity index (χ4v) is 37.8. The molecule has 0 spiro atoms. The summed E-state index contributed by atoms with van der Waals surface area (Å²) in [5.74, 6) is 1.78. The fourth-order valence-electron chi connectivity index (χ4n) is 9.25. The number of halogens is 2. The Morgan fingerprint density at radius 1 is 0.673 bits per heavy atom. The Labute approximate surface area is 319 Å². The van der Waals surface area contributed by atoms with Crippen molar-refractivity contribution in [1.29, 1.82) is 0 Å². The van der Waals surface area contributed by atoms with Crippen LogP contribution in [0.1, 0.15) is 103 Å². The predicted molar refractivity (Wildman–Crippen MR) is 226 cm³/mol. The van der Waals surface area contributed by atoms with Crippen LogP contribution in [0.5, 0.6) is 0 Å². The maximum absolute atomic E-state index is 8.82. The van der Waals surface area contributed by atoms with Gasteiger partial charge in [-0.2, -0.15) is 0 Å². The minimum atomic E-state index is -5.12. The average Bonchev–Trinajstić information content (AvgIpc) is 3.79. The van der Waals surface area contributed by atoms with Gasteiger partial charge in [0, 0.05) is 0 Å². The molecule has 5 aromatic rings. The summed E-state index contributed by atoms with van der Waals surface area (Å²) < 4.78 is 6.39. The van der Waals surface area contributed by atoms with E-state index in [2.05, 4.69) is 159 Å². The molecule has 0 amide bonds. The van der Waals surface area contributed by atoms with E-state index in [0.29, 0.717) is 0 Å². The molecule has 0 bridgehead atoms. The fraction of sp³-hybridized carbons (Fsp3) is 0.319. The van der Waals surface area contributed by atoms with Gasteiger partial charge < -0.3 is 0 Å². The third-order valence-corrected chi connectivity index (χ3v) is 58.3. The quantitative estimate of drug-likeness (QED) is 0.156. The van der Waals surface area contributed by atoms with Gasteiger partial charge in [0.2, 0.25) is 0 Å². The second-order valence-electron chi connectivity index (χ2n) is 16.8. The topological polar surface area (TPSA) is 13.1 Å². The normalized spacial score (nSPS) is 17.2. The molecule has 2 unspecified atom stereocenters. The van der Waals surface area contributed by atoms with Crippen LogP contribution in [0.3, 0.4) is 0 Å². The molecule has 2 aliphatic carbocycles. The van der Waals surface area contributed by atoms with Crippen molar-refractivity contribution in [3.8, 4) is 22.3 Å². The van der Waals surface area contributed by atoms with E-state index in [-0.39, 0.29) is 12.7 Å². The van der Waals surface area contributed by atoms with Gasteiger partial charge in [0.15, 0.2) is 0 Å². The van der Waals surface area contributed by atoms with Gasteiger partial charge in [-0.3, -0.25) is 0 Å². The van der Waals surface area contributed by atoms with Crippen molar-refractivity contribution in [2.45, 2.75) is 94.5 Å². The Hall–Kier alpha value is -2.68. The number of hydrogen-bond acceptors (Lipinski definition) is 1. The molecule has 7 rings (SSSR count). The first kappa shape index (κ1) is 37.6. The number of benzene rings is 4. The molecule has 0 fully saturated rings. The van der Waals surface area contributed by atoms with Gasteiger partial charge >= 0.3 is 322 Å². The molecular formula is C47H52Cl2OSiZr. The number of rotatable bonds is 6. The molecule has 5 heteroatoms. The zero-order valence-electron chi connectivity index (χ0n) is 32.7. The maximum atomic E-state index is 8.82. The summed E-state index contributed by atoms with van der Waals surface area (Å²) in [7, 11) is 17.6. The molecule has 0 saturated heterocycles. The second kappa shape index (κ2) is 13.3. The molecule has 52 heavy (non-hydrogen) atoms. The Morgan fingerprint density at radius 3 is 1.75 bits per heavy atom. The van der Waals surface area contributed by atoms with Crippen LogP contribution in [-0.2, 0) is 20.4 Å². The van der Waals surface area contributed by atoms with Crippen LogP contribution in [0.25, 0.3) is 40.0 Å². The van der Waals surface area contributed by atoms with Crippen molar-refractivity contribution < 1.29 is 19.4 Å². The van der Waals surface area contributed by atoms with E-state index >= 15 is 0 Å². The molecule has 0 N–H and O–H groups in total. The van der Waals surface area contributed by atoms with Crippen LogP contribution in [-0.4, -0.2) is 5.43 Å². The number of hydrogen-bond donors (Lipinski definition) is 0. The number of fused-ring (bicyclic) bond motifs is 2. The van der Waals surface area contributed by atoms with Crippen LogP contribution >= 0.6 is 17.0 Å². The third-order valence-electron chi connectivity index (χ3n) is 11.9. The van der Waals surface area contributed by atoms with E-state index in [9.17, 15) is 0 Å². The summed E-state index contributed by atoms with van der Waals surface area (Å²) in [5.41, 5.74) is 17.9. The zero-order valence-corrected chi connectivity index (χ0v) is 37.7. The molecule has 2 atom stereocenters. The summed E-state index contributed by atoms with van der Waals surface area (Å²) in [5, 5.41) is 0. The Kier molecular flexibility index (Phi) is 9.60. The van der Waals surface area contributed by atoms with Gasteiger partial charge in [-0.15, -0.1) is 0 Å². The van der Waals surface area contributed by atoms with Crippen molar-refractivity contribution in [2.24, 2.45) is 0 Å². The van der Waals surface area contributed by atoms with E-state index in [4.69, 9.17) is 21.4 Å². The molecular weight excluding hydrogens is 771 g/mol. The van der Waals surface area contributed by atoms with Crippen LogP contribution in [0, 0.1) is 34.6 Å². The van der Waals surface area contributed by atoms with Gasteiger partial charge in [-0.25, -0.2) is 0 Å². The van der Waals surface area contributed by atoms with Crippen molar-refractivity contribution >= 4 is 40.2 Å². The molecule has 2 aliphatic rings. The number of allylic oxidation sites excluding steroid dienone is 2. The first-order valence-electron chi connectivity index (χ1n) is 18.8. The molecule has 0 saturated carbocycles. The van der Waals surface area contributed by atoms with Crippen molar-refractivity contribution in [1.82, 2.24) is 0 Å². The van der Waals surface area contributed by atoms with Crippen LogP contribution in [0.4, 0.5) is 0 Å². The summed E-state index contributed by atoms with van der Waals surface area (Å²) in [6.07, 6.45) is 5.76. The Balaban J connectivity index is 1.52. The van der Waals surface area contributed by atoms with Crippen molar-refractivity contribution in [2.75, 3.05) is 0 Å². The first-order valence-corrected chi connectivity index (χ1v) is 34.1. The van der Waals surface area contributed by atoms with Gasteiger partial charge in [0.1, 0.15) is 0 Å².